The number of ether oxygens (including phenoxy) is 1. The SMILES string of the molecule is COc1cc(Cl)c(C)cc1NC(=O)C(Sc1cccc(NC(=O)/C(=C\c2ccc(Cl)cc2Cl)NC(=O)c2ccccc2)c1)c1ccccc1. The largest absolute Gasteiger partial charge is 0.495 e. The molecule has 0 bridgehead atoms. The Morgan fingerprint density at radius 1 is 0.776 bits per heavy atom. The predicted octanol–water partition coefficient (Wildman–Crippen LogP) is 9.85. The minimum absolute atomic E-state index is 0.0372. The molecule has 248 valence electrons. The van der Waals surface area contributed by atoms with E-state index in [1.807, 2.05) is 43.3 Å². The number of aryl methyl sites for hydroxylation is 1. The van der Waals surface area contributed by atoms with Crippen LogP contribution >= 0.6 is 46.6 Å². The van der Waals surface area contributed by atoms with E-state index in [4.69, 9.17) is 39.5 Å². The van der Waals surface area contributed by atoms with Crippen molar-refractivity contribution in [1.82, 2.24) is 5.32 Å². The van der Waals surface area contributed by atoms with Gasteiger partial charge < -0.3 is 20.7 Å². The molecular weight excluding hydrogens is 701 g/mol. The molecule has 3 amide bonds. The number of thioether (sulfide) groups is 1. The summed E-state index contributed by atoms with van der Waals surface area (Å²) in [6, 6.07) is 33.2. The van der Waals surface area contributed by atoms with Crippen molar-refractivity contribution in [1.29, 1.82) is 0 Å². The highest BCUT2D eigenvalue weighted by molar-refractivity contribution is 8.00. The number of benzene rings is 5. The number of hydrogen-bond donors (Lipinski definition) is 3. The summed E-state index contributed by atoms with van der Waals surface area (Å²) < 4.78 is 5.47. The Bertz CT molecular complexity index is 2020. The summed E-state index contributed by atoms with van der Waals surface area (Å²) in [7, 11) is 1.51. The molecule has 5 rings (SSSR count). The lowest BCUT2D eigenvalue weighted by atomic mass is 10.1. The molecule has 0 saturated heterocycles. The molecule has 49 heavy (non-hydrogen) atoms. The van der Waals surface area contributed by atoms with Crippen LogP contribution in [0.5, 0.6) is 5.75 Å². The van der Waals surface area contributed by atoms with Crippen molar-refractivity contribution in [2.75, 3.05) is 17.7 Å². The smallest absolute Gasteiger partial charge is 0.272 e. The molecule has 0 aliphatic heterocycles. The van der Waals surface area contributed by atoms with Crippen LogP contribution in [0.25, 0.3) is 6.08 Å². The van der Waals surface area contributed by atoms with Crippen molar-refractivity contribution < 1.29 is 19.1 Å². The normalized spacial score (nSPS) is 11.7. The van der Waals surface area contributed by atoms with Crippen LogP contribution in [0.15, 0.2) is 126 Å². The third-order valence-electron chi connectivity index (χ3n) is 7.22. The van der Waals surface area contributed by atoms with Crippen molar-refractivity contribution in [3.63, 3.8) is 0 Å². The van der Waals surface area contributed by atoms with E-state index in [2.05, 4.69) is 16.0 Å². The lowest BCUT2D eigenvalue weighted by Gasteiger charge is -2.19. The maximum atomic E-state index is 13.8. The zero-order valence-corrected chi connectivity index (χ0v) is 29.4. The fraction of sp³-hybridized carbons (Fsp3) is 0.0789. The van der Waals surface area contributed by atoms with Crippen LogP contribution < -0.4 is 20.7 Å². The van der Waals surface area contributed by atoms with E-state index < -0.39 is 17.1 Å². The molecule has 0 saturated carbocycles. The fourth-order valence-corrected chi connectivity index (χ4v) is 6.43. The van der Waals surface area contributed by atoms with Crippen LogP contribution in [0.3, 0.4) is 0 Å². The van der Waals surface area contributed by atoms with E-state index in [0.29, 0.717) is 48.2 Å². The number of carbonyl (C=O) groups is 3. The molecule has 0 heterocycles. The second-order valence-corrected chi connectivity index (χ2v) is 13.2. The summed E-state index contributed by atoms with van der Waals surface area (Å²) in [5, 5.41) is 9.16. The monoisotopic (exact) mass is 729 g/mol. The average Bonchev–Trinajstić information content (AvgIpc) is 3.10. The van der Waals surface area contributed by atoms with E-state index in [1.165, 1.54) is 24.9 Å². The standard InChI is InChI=1S/C38H30Cl3N3O4S/c1-23-18-32(34(48-2)22-30(23)40)43-38(47)35(24-10-5-3-6-11-24)49-29-15-9-14-28(21-29)42-37(46)33(19-26-16-17-27(39)20-31(26)41)44-36(45)25-12-7-4-8-13-25/h3-22,35H,1-2H3,(H,42,46)(H,43,47)(H,44,45)/b33-19+. The first-order valence-electron chi connectivity index (χ1n) is 14.9. The van der Waals surface area contributed by atoms with Crippen molar-refractivity contribution in [3.8, 4) is 5.75 Å². The van der Waals surface area contributed by atoms with Gasteiger partial charge in [0.15, 0.2) is 0 Å². The fourth-order valence-electron chi connectivity index (χ4n) is 4.73. The molecule has 0 aliphatic carbocycles. The Morgan fingerprint density at radius 3 is 2.18 bits per heavy atom. The van der Waals surface area contributed by atoms with Crippen LogP contribution in [0.2, 0.25) is 15.1 Å². The van der Waals surface area contributed by atoms with Crippen molar-refractivity contribution in [2.45, 2.75) is 17.1 Å². The van der Waals surface area contributed by atoms with Gasteiger partial charge in [0, 0.05) is 37.3 Å². The number of amides is 3. The molecule has 11 heteroatoms. The highest BCUT2D eigenvalue weighted by Gasteiger charge is 2.24. The highest BCUT2D eigenvalue weighted by Crippen LogP contribution is 2.39. The van der Waals surface area contributed by atoms with Gasteiger partial charge in [0.25, 0.3) is 11.8 Å². The van der Waals surface area contributed by atoms with Gasteiger partial charge in [-0.1, -0.05) is 95.5 Å². The Kier molecular flexibility index (Phi) is 12.0. The van der Waals surface area contributed by atoms with Crippen LogP contribution in [0, 0.1) is 6.92 Å². The van der Waals surface area contributed by atoms with Crippen molar-refractivity contribution in [2.24, 2.45) is 0 Å². The Balaban J connectivity index is 1.40. The number of hydrogen-bond acceptors (Lipinski definition) is 5. The first kappa shape index (κ1) is 35.6. The summed E-state index contributed by atoms with van der Waals surface area (Å²) in [5.74, 6) is -0.895. The van der Waals surface area contributed by atoms with Gasteiger partial charge >= 0.3 is 0 Å². The molecule has 1 unspecified atom stereocenters. The van der Waals surface area contributed by atoms with Crippen molar-refractivity contribution >= 4 is 81.7 Å². The number of halogens is 3. The molecule has 0 fully saturated rings. The molecule has 0 spiro atoms. The number of nitrogens with one attached hydrogen (secondary N) is 3. The lowest BCUT2D eigenvalue weighted by molar-refractivity contribution is -0.116. The molecule has 5 aromatic carbocycles. The van der Waals surface area contributed by atoms with Gasteiger partial charge in [-0.2, -0.15) is 0 Å². The quantitative estimate of drug-likeness (QED) is 0.0929. The Hall–Kier alpha value is -4.73. The van der Waals surface area contributed by atoms with Crippen LogP contribution in [-0.2, 0) is 9.59 Å². The van der Waals surface area contributed by atoms with Crippen molar-refractivity contribution in [3.05, 3.63) is 158 Å². The summed E-state index contributed by atoms with van der Waals surface area (Å²) in [5.41, 5.74) is 3.32. The summed E-state index contributed by atoms with van der Waals surface area (Å²) in [4.78, 5) is 41.3. The first-order valence-corrected chi connectivity index (χ1v) is 16.9. The number of methoxy groups -OCH3 is 1. The number of carbonyl (C=O) groups excluding carboxylic acids is 3. The molecular formula is C38H30Cl3N3O4S. The molecule has 0 aliphatic rings. The van der Waals surface area contributed by atoms with Gasteiger partial charge in [-0.15, -0.1) is 11.8 Å². The molecule has 3 N–H and O–H groups in total. The Morgan fingerprint density at radius 2 is 1.49 bits per heavy atom. The topological polar surface area (TPSA) is 96.5 Å². The van der Waals surface area contributed by atoms with Crippen LogP contribution in [-0.4, -0.2) is 24.8 Å². The maximum absolute atomic E-state index is 13.8. The first-order chi connectivity index (χ1) is 23.6. The molecule has 5 aromatic rings. The molecule has 1 atom stereocenters. The minimum atomic E-state index is -0.666. The zero-order chi connectivity index (χ0) is 34.9. The van der Waals surface area contributed by atoms with E-state index in [1.54, 1.807) is 78.9 Å². The zero-order valence-electron chi connectivity index (χ0n) is 26.3. The summed E-state index contributed by atoms with van der Waals surface area (Å²) in [6.45, 7) is 1.85. The predicted molar refractivity (Wildman–Crippen MR) is 200 cm³/mol. The van der Waals surface area contributed by atoms with E-state index in [9.17, 15) is 14.4 Å². The van der Waals surface area contributed by atoms with Gasteiger partial charge in [-0.05, 0) is 78.2 Å². The molecule has 7 nitrogen and oxygen atoms in total. The van der Waals surface area contributed by atoms with Gasteiger partial charge in [0.1, 0.15) is 16.7 Å². The summed E-state index contributed by atoms with van der Waals surface area (Å²) in [6.07, 6.45) is 1.48. The van der Waals surface area contributed by atoms with E-state index >= 15 is 0 Å². The second-order valence-electron chi connectivity index (χ2n) is 10.7. The van der Waals surface area contributed by atoms with Crippen LogP contribution in [0.4, 0.5) is 11.4 Å². The van der Waals surface area contributed by atoms with Crippen LogP contribution in [0.1, 0.15) is 32.3 Å². The van der Waals surface area contributed by atoms with Gasteiger partial charge in [0.05, 0.1) is 12.8 Å². The van der Waals surface area contributed by atoms with E-state index in [0.717, 1.165) is 11.1 Å². The Labute approximate surface area is 303 Å². The van der Waals surface area contributed by atoms with Gasteiger partial charge in [-0.25, -0.2) is 0 Å². The molecule has 0 aromatic heterocycles. The summed E-state index contributed by atoms with van der Waals surface area (Å²) >= 11 is 20.1. The highest BCUT2D eigenvalue weighted by atomic mass is 35.5. The minimum Gasteiger partial charge on any atom is -0.495 e. The molecule has 0 radical (unpaired) electrons. The number of rotatable bonds is 11. The van der Waals surface area contributed by atoms with E-state index in [-0.39, 0.29) is 11.6 Å². The average molecular weight is 731 g/mol. The van der Waals surface area contributed by atoms with Gasteiger partial charge in [-0.3, -0.25) is 14.4 Å². The van der Waals surface area contributed by atoms with Gasteiger partial charge in [0.2, 0.25) is 5.91 Å². The maximum Gasteiger partial charge on any atom is 0.272 e. The lowest BCUT2D eigenvalue weighted by Crippen LogP contribution is -2.30. The third kappa shape index (κ3) is 9.46. The second kappa shape index (κ2) is 16.6. The number of anilines is 2. The third-order valence-corrected chi connectivity index (χ3v) is 9.43.